The first kappa shape index (κ1) is 12.2. The number of nitrogens with zero attached hydrogens (tertiary/aromatic N) is 3. The van der Waals surface area contributed by atoms with E-state index in [9.17, 15) is 0 Å². The summed E-state index contributed by atoms with van der Waals surface area (Å²) in [5.41, 5.74) is 4.63. The molecule has 0 saturated carbocycles. The lowest BCUT2D eigenvalue weighted by Crippen LogP contribution is -2.31. The molecule has 2 heterocycles. The van der Waals surface area contributed by atoms with Crippen LogP contribution in [0.5, 0.6) is 0 Å². The second-order valence-corrected chi connectivity index (χ2v) is 4.40. The van der Waals surface area contributed by atoms with Crippen molar-refractivity contribution in [1.29, 1.82) is 0 Å². The lowest BCUT2D eigenvalue weighted by molar-refractivity contribution is 0.534. The molecule has 2 aromatic heterocycles. The van der Waals surface area contributed by atoms with E-state index in [2.05, 4.69) is 31.4 Å². The van der Waals surface area contributed by atoms with Crippen LogP contribution in [-0.2, 0) is 6.54 Å². The number of aromatic nitrogens is 3. The molecule has 2 aromatic rings. The first-order chi connectivity index (χ1) is 8.27. The Kier molecular flexibility index (Phi) is 3.88. The van der Waals surface area contributed by atoms with Gasteiger partial charge in [-0.3, -0.25) is 15.5 Å². The van der Waals surface area contributed by atoms with Gasteiger partial charge in [-0.05, 0) is 35.0 Å². The highest BCUT2D eigenvalue weighted by molar-refractivity contribution is 9.10. The van der Waals surface area contributed by atoms with Crippen LogP contribution in [0.4, 0.5) is 0 Å². The molecule has 17 heavy (non-hydrogen) atoms. The molecule has 0 spiro atoms. The van der Waals surface area contributed by atoms with Crippen molar-refractivity contribution in [3.63, 3.8) is 0 Å². The number of pyridine rings is 1. The molecule has 0 aliphatic carbocycles. The van der Waals surface area contributed by atoms with E-state index in [0.717, 1.165) is 22.4 Å². The summed E-state index contributed by atoms with van der Waals surface area (Å²) in [5.74, 6) is 5.64. The number of nitrogens with one attached hydrogen (secondary N) is 1. The second kappa shape index (κ2) is 5.39. The number of aryl methyl sites for hydroxylation is 1. The fraction of sp³-hybridized carbons (Fsp3) is 0.273. The minimum Gasteiger partial charge on any atom is -0.270 e. The van der Waals surface area contributed by atoms with Gasteiger partial charge in [0.25, 0.3) is 0 Å². The van der Waals surface area contributed by atoms with Crippen LogP contribution >= 0.6 is 15.9 Å². The summed E-state index contributed by atoms with van der Waals surface area (Å²) in [7, 11) is 0. The van der Waals surface area contributed by atoms with Crippen LogP contribution in [0.3, 0.4) is 0 Å². The van der Waals surface area contributed by atoms with Gasteiger partial charge in [0, 0.05) is 12.7 Å². The Morgan fingerprint density at radius 1 is 1.53 bits per heavy atom. The van der Waals surface area contributed by atoms with E-state index in [4.69, 9.17) is 5.84 Å². The molecule has 0 radical (unpaired) electrons. The van der Waals surface area contributed by atoms with Crippen LogP contribution in [0.1, 0.15) is 24.4 Å². The smallest absolute Gasteiger partial charge is 0.106 e. The maximum atomic E-state index is 5.64. The molecule has 90 valence electrons. The lowest BCUT2D eigenvalue weighted by atomic mass is 10.1. The summed E-state index contributed by atoms with van der Waals surface area (Å²) in [6, 6.07) is 5.58. The molecule has 0 amide bonds. The zero-order valence-electron chi connectivity index (χ0n) is 9.47. The monoisotopic (exact) mass is 295 g/mol. The Bertz CT molecular complexity index is 482. The van der Waals surface area contributed by atoms with Crippen molar-refractivity contribution in [2.24, 2.45) is 5.84 Å². The highest BCUT2D eigenvalue weighted by Crippen LogP contribution is 2.26. The standard InChI is InChI=1S/C11H14BrN5/c1-2-17-11(8(12)7-15-17)10(16-13)9-5-3-4-6-14-9/h3-7,10,16H,2,13H2,1H3. The van der Waals surface area contributed by atoms with Crippen LogP contribution in [0, 0.1) is 0 Å². The molecule has 0 aliphatic rings. The Morgan fingerprint density at radius 3 is 2.94 bits per heavy atom. The number of hydrogen-bond donors (Lipinski definition) is 2. The topological polar surface area (TPSA) is 68.8 Å². The molecule has 1 atom stereocenters. The summed E-state index contributed by atoms with van der Waals surface area (Å²) in [6.45, 7) is 2.82. The zero-order valence-corrected chi connectivity index (χ0v) is 11.1. The van der Waals surface area contributed by atoms with Gasteiger partial charge in [-0.15, -0.1) is 0 Å². The molecular formula is C11H14BrN5. The first-order valence-corrected chi connectivity index (χ1v) is 6.15. The van der Waals surface area contributed by atoms with Crippen LogP contribution < -0.4 is 11.3 Å². The molecule has 3 N–H and O–H groups in total. The number of rotatable bonds is 4. The minimum absolute atomic E-state index is 0.173. The van der Waals surface area contributed by atoms with Crippen molar-refractivity contribution in [2.45, 2.75) is 19.5 Å². The van der Waals surface area contributed by atoms with Crippen LogP contribution in [0.2, 0.25) is 0 Å². The van der Waals surface area contributed by atoms with E-state index < -0.39 is 0 Å². The molecule has 2 rings (SSSR count). The van der Waals surface area contributed by atoms with Gasteiger partial charge in [-0.1, -0.05) is 6.07 Å². The van der Waals surface area contributed by atoms with Gasteiger partial charge in [0.1, 0.15) is 6.04 Å². The number of nitrogens with two attached hydrogens (primary N) is 1. The molecule has 0 saturated heterocycles. The van der Waals surface area contributed by atoms with E-state index >= 15 is 0 Å². The van der Waals surface area contributed by atoms with Crippen LogP contribution in [-0.4, -0.2) is 14.8 Å². The summed E-state index contributed by atoms with van der Waals surface area (Å²) in [5, 5.41) is 4.28. The normalized spacial score (nSPS) is 12.6. The second-order valence-electron chi connectivity index (χ2n) is 3.55. The highest BCUT2D eigenvalue weighted by atomic mass is 79.9. The van der Waals surface area contributed by atoms with Gasteiger partial charge < -0.3 is 0 Å². The van der Waals surface area contributed by atoms with Crippen molar-refractivity contribution < 1.29 is 0 Å². The van der Waals surface area contributed by atoms with Gasteiger partial charge in [0.15, 0.2) is 0 Å². The van der Waals surface area contributed by atoms with Crippen molar-refractivity contribution >= 4 is 15.9 Å². The molecule has 1 unspecified atom stereocenters. The van der Waals surface area contributed by atoms with Gasteiger partial charge in [-0.25, -0.2) is 5.43 Å². The van der Waals surface area contributed by atoms with Crippen molar-refractivity contribution in [3.8, 4) is 0 Å². The predicted molar refractivity (Wildman–Crippen MR) is 69.0 cm³/mol. The SMILES string of the molecule is CCn1ncc(Br)c1C(NN)c1ccccn1. The fourth-order valence-electron chi connectivity index (χ4n) is 1.76. The quantitative estimate of drug-likeness (QED) is 0.664. The Balaban J connectivity index is 2.45. The average Bonchev–Trinajstić information content (AvgIpc) is 2.74. The summed E-state index contributed by atoms with van der Waals surface area (Å²) >= 11 is 3.49. The van der Waals surface area contributed by atoms with E-state index in [1.54, 1.807) is 12.4 Å². The van der Waals surface area contributed by atoms with Gasteiger partial charge in [-0.2, -0.15) is 5.10 Å². The number of hydrogen-bond acceptors (Lipinski definition) is 4. The minimum atomic E-state index is -0.173. The molecule has 0 bridgehead atoms. The fourth-order valence-corrected chi connectivity index (χ4v) is 2.29. The third-order valence-electron chi connectivity index (χ3n) is 2.56. The van der Waals surface area contributed by atoms with Gasteiger partial charge in [0.05, 0.1) is 22.1 Å². The number of hydrazine groups is 1. The molecule has 6 heteroatoms. The average molecular weight is 296 g/mol. The van der Waals surface area contributed by atoms with Gasteiger partial charge in [0.2, 0.25) is 0 Å². The molecule has 0 fully saturated rings. The highest BCUT2D eigenvalue weighted by Gasteiger charge is 2.21. The van der Waals surface area contributed by atoms with Crippen LogP contribution in [0.25, 0.3) is 0 Å². The van der Waals surface area contributed by atoms with E-state index in [1.165, 1.54) is 0 Å². The van der Waals surface area contributed by atoms with Crippen molar-refractivity contribution in [3.05, 3.63) is 46.5 Å². The number of halogens is 1. The maximum absolute atomic E-state index is 5.64. The lowest BCUT2D eigenvalue weighted by Gasteiger charge is -2.17. The van der Waals surface area contributed by atoms with Crippen molar-refractivity contribution in [2.75, 3.05) is 0 Å². The Labute approximate surface area is 108 Å². The summed E-state index contributed by atoms with van der Waals surface area (Å²) < 4.78 is 2.82. The predicted octanol–water partition coefficient (Wildman–Crippen LogP) is 1.61. The third-order valence-corrected chi connectivity index (χ3v) is 3.17. The maximum Gasteiger partial charge on any atom is 0.106 e. The van der Waals surface area contributed by atoms with Gasteiger partial charge >= 0.3 is 0 Å². The first-order valence-electron chi connectivity index (χ1n) is 5.36. The largest absolute Gasteiger partial charge is 0.270 e. The molecule has 0 aromatic carbocycles. The summed E-state index contributed by atoms with van der Waals surface area (Å²) in [6.07, 6.45) is 3.52. The van der Waals surface area contributed by atoms with Crippen molar-refractivity contribution in [1.82, 2.24) is 20.2 Å². The van der Waals surface area contributed by atoms with E-state index in [1.807, 2.05) is 29.8 Å². The Hall–Kier alpha value is -1.24. The Morgan fingerprint density at radius 2 is 2.35 bits per heavy atom. The molecule has 5 nitrogen and oxygen atoms in total. The third kappa shape index (κ3) is 2.38. The molecule has 0 aliphatic heterocycles. The summed E-state index contributed by atoms with van der Waals surface area (Å²) in [4.78, 5) is 4.32. The van der Waals surface area contributed by atoms with E-state index in [0.29, 0.717) is 0 Å². The zero-order chi connectivity index (χ0) is 12.3. The van der Waals surface area contributed by atoms with Crippen LogP contribution in [0.15, 0.2) is 35.1 Å². The molecular weight excluding hydrogens is 282 g/mol. The van der Waals surface area contributed by atoms with E-state index in [-0.39, 0.29) is 6.04 Å².